The van der Waals surface area contributed by atoms with Gasteiger partial charge in [-0.2, -0.15) is 5.26 Å². The average Bonchev–Trinajstić information content (AvgIpc) is 3.31. The van der Waals surface area contributed by atoms with Crippen LogP contribution in [-0.4, -0.2) is 46.4 Å². The van der Waals surface area contributed by atoms with Gasteiger partial charge in [0.2, 0.25) is 0 Å². The van der Waals surface area contributed by atoms with Crippen LogP contribution >= 0.6 is 24.0 Å². The van der Waals surface area contributed by atoms with Crippen molar-refractivity contribution >= 4 is 46.1 Å². The largest absolute Gasteiger partial charge is 0.497 e. The van der Waals surface area contributed by atoms with Crippen molar-refractivity contribution in [1.82, 2.24) is 9.47 Å². The van der Waals surface area contributed by atoms with Crippen molar-refractivity contribution in [3.8, 4) is 11.8 Å². The van der Waals surface area contributed by atoms with Crippen molar-refractivity contribution in [2.24, 2.45) is 5.92 Å². The summed E-state index contributed by atoms with van der Waals surface area (Å²) in [5.41, 5.74) is 3.65. The van der Waals surface area contributed by atoms with Gasteiger partial charge in [-0.15, -0.1) is 0 Å². The number of anilines is 1. The third kappa shape index (κ3) is 6.77. The number of amides is 1. The van der Waals surface area contributed by atoms with Gasteiger partial charge in [-0.25, -0.2) is 0 Å². The highest BCUT2D eigenvalue weighted by Gasteiger charge is 2.33. The molecule has 2 fully saturated rings. The number of nitrogens with zero attached hydrogens (tertiary/aromatic N) is 4. The molecule has 44 heavy (non-hydrogen) atoms. The molecule has 2 aliphatic rings. The number of hydrogen-bond acceptors (Lipinski definition) is 7. The Balaban J connectivity index is 1.44. The van der Waals surface area contributed by atoms with Crippen molar-refractivity contribution in [1.29, 1.82) is 5.26 Å². The van der Waals surface area contributed by atoms with Gasteiger partial charge in [0, 0.05) is 31.7 Å². The Bertz CT molecular complexity index is 1650. The molecule has 0 N–H and O–H groups in total. The maximum atomic E-state index is 13.7. The van der Waals surface area contributed by atoms with Crippen molar-refractivity contribution in [3.63, 3.8) is 0 Å². The van der Waals surface area contributed by atoms with E-state index in [2.05, 4.69) is 35.2 Å². The molecule has 0 unspecified atom stereocenters. The van der Waals surface area contributed by atoms with Crippen LogP contribution in [0.1, 0.15) is 54.0 Å². The lowest BCUT2D eigenvalue weighted by atomic mass is 9.90. The van der Waals surface area contributed by atoms with Crippen molar-refractivity contribution in [2.75, 3.05) is 31.6 Å². The van der Waals surface area contributed by atoms with Crippen LogP contribution < -0.4 is 15.2 Å². The van der Waals surface area contributed by atoms with E-state index in [1.165, 1.54) is 17.3 Å². The smallest absolute Gasteiger partial charge is 0.270 e. The molecule has 228 valence electrons. The third-order valence-electron chi connectivity index (χ3n) is 8.51. The van der Waals surface area contributed by atoms with Gasteiger partial charge in [-0.1, -0.05) is 73.4 Å². The second-order valence-electron chi connectivity index (χ2n) is 11.4. The van der Waals surface area contributed by atoms with Crippen LogP contribution in [0.15, 0.2) is 64.3 Å². The minimum atomic E-state index is -0.266. The van der Waals surface area contributed by atoms with E-state index < -0.39 is 0 Å². The molecule has 0 aliphatic carbocycles. The van der Waals surface area contributed by atoms with Gasteiger partial charge in [0.15, 0.2) is 0 Å². The molecule has 0 atom stereocenters. The third-order valence-corrected chi connectivity index (χ3v) is 9.88. The molecule has 0 saturated carbocycles. The summed E-state index contributed by atoms with van der Waals surface area (Å²) in [5.74, 6) is 2.00. The highest BCUT2D eigenvalue weighted by molar-refractivity contribution is 8.26. The Hall–Kier alpha value is -3.87. The molecular formula is C35H38N4O3S2. The SMILES string of the molecule is CCCn1c(N2CCC(Cc3ccccc3)CC2)c(/C=C2/SC(=S)N(CCc3ccc(OC)cc3)C2=O)c(C)c(C#N)c1=O. The van der Waals surface area contributed by atoms with Crippen LogP contribution in [0.25, 0.3) is 6.08 Å². The van der Waals surface area contributed by atoms with Gasteiger partial charge in [-0.3, -0.25) is 19.1 Å². The second-order valence-corrected chi connectivity index (χ2v) is 13.0. The Kier molecular flexibility index (Phi) is 10.2. The number of nitriles is 1. The van der Waals surface area contributed by atoms with Gasteiger partial charge in [0.25, 0.3) is 11.5 Å². The van der Waals surface area contributed by atoms with E-state index in [1.807, 2.05) is 50.3 Å². The summed E-state index contributed by atoms with van der Waals surface area (Å²) >= 11 is 6.93. The highest BCUT2D eigenvalue weighted by atomic mass is 32.2. The molecule has 0 radical (unpaired) electrons. The number of rotatable bonds is 10. The predicted octanol–water partition coefficient (Wildman–Crippen LogP) is 6.35. The Morgan fingerprint density at radius 2 is 1.75 bits per heavy atom. The van der Waals surface area contributed by atoms with Crippen LogP contribution in [0, 0.1) is 24.2 Å². The lowest BCUT2D eigenvalue weighted by molar-refractivity contribution is -0.122. The standard InChI is InChI=1S/C35H38N4O3S2/c1-4-17-38-32(37-18-14-27(15-19-37)21-26-8-6-5-7-9-26)29(24(2)30(23-36)33(38)40)22-31-34(41)39(35(43)44-31)20-16-25-10-12-28(42-3)13-11-25/h5-13,22,27H,4,14-21H2,1-3H3/b31-22+. The first kappa shape index (κ1) is 31.6. The molecule has 2 aromatic carbocycles. The fraction of sp³-hybridized carbons (Fsp3) is 0.371. The molecule has 0 spiro atoms. The first-order valence-corrected chi connectivity index (χ1v) is 16.4. The normalized spacial score (nSPS) is 16.5. The van der Waals surface area contributed by atoms with Crippen molar-refractivity contribution in [2.45, 2.75) is 52.5 Å². The van der Waals surface area contributed by atoms with Crippen LogP contribution in [0.3, 0.4) is 0 Å². The van der Waals surface area contributed by atoms with Crippen molar-refractivity contribution in [3.05, 3.63) is 97.7 Å². The fourth-order valence-electron chi connectivity index (χ4n) is 6.07. The molecule has 2 saturated heterocycles. The van der Waals surface area contributed by atoms with Crippen molar-refractivity contribution < 1.29 is 9.53 Å². The summed E-state index contributed by atoms with van der Waals surface area (Å²) < 4.78 is 7.51. The number of aromatic nitrogens is 1. The number of hydrogen-bond donors (Lipinski definition) is 0. The zero-order valence-electron chi connectivity index (χ0n) is 25.5. The van der Waals surface area contributed by atoms with Gasteiger partial charge in [0.1, 0.15) is 27.5 Å². The van der Waals surface area contributed by atoms with E-state index in [1.54, 1.807) is 16.6 Å². The van der Waals surface area contributed by atoms with Crippen LogP contribution in [0.2, 0.25) is 0 Å². The molecule has 2 aliphatic heterocycles. The van der Waals surface area contributed by atoms with Gasteiger partial charge in [-0.05, 0) is 79.8 Å². The topological polar surface area (TPSA) is 78.6 Å². The molecule has 1 amide bonds. The number of carbonyl (C=O) groups is 1. The molecule has 0 bridgehead atoms. The number of thioether (sulfide) groups is 1. The number of benzene rings is 2. The zero-order chi connectivity index (χ0) is 31.2. The molecule has 7 nitrogen and oxygen atoms in total. The number of pyridine rings is 1. The summed E-state index contributed by atoms with van der Waals surface area (Å²) in [6.45, 7) is 6.41. The van der Waals surface area contributed by atoms with E-state index in [9.17, 15) is 14.9 Å². The average molecular weight is 627 g/mol. The Morgan fingerprint density at radius 1 is 1.05 bits per heavy atom. The van der Waals surface area contributed by atoms with Crippen LogP contribution in [0.4, 0.5) is 5.82 Å². The molecule has 3 aromatic rings. The Labute approximate surface area is 269 Å². The summed E-state index contributed by atoms with van der Waals surface area (Å²) in [6.07, 6.45) is 6.31. The van der Waals surface area contributed by atoms with Crippen LogP contribution in [-0.2, 0) is 24.2 Å². The van der Waals surface area contributed by atoms with Gasteiger partial charge < -0.3 is 9.64 Å². The predicted molar refractivity (Wildman–Crippen MR) is 182 cm³/mol. The number of ether oxygens (including phenoxy) is 1. The zero-order valence-corrected chi connectivity index (χ0v) is 27.2. The fourth-order valence-corrected chi connectivity index (χ4v) is 7.36. The number of carbonyl (C=O) groups excluding carboxylic acids is 1. The minimum Gasteiger partial charge on any atom is -0.497 e. The molecule has 3 heterocycles. The maximum Gasteiger partial charge on any atom is 0.270 e. The van der Waals surface area contributed by atoms with E-state index in [0.717, 1.165) is 61.5 Å². The summed E-state index contributed by atoms with van der Waals surface area (Å²) in [5, 5.41) is 9.99. The molecule has 1 aromatic heterocycles. The highest BCUT2D eigenvalue weighted by Crippen LogP contribution is 2.37. The quantitative estimate of drug-likeness (QED) is 0.192. The van der Waals surface area contributed by atoms with E-state index in [-0.39, 0.29) is 17.0 Å². The summed E-state index contributed by atoms with van der Waals surface area (Å²) in [6, 6.07) is 20.5. The maximum absolute atomic E-state index is 13.7. The minimum absolute atomic E-state index is 0.127. The lowest BCUT2D eigenvalue weighted by Crippen LogP contribution is -2.40. The lowest BCUT2D eigenvalue weighted by Gasteiger charge is -2.36. The van der Waals surface area contributed by atoms with E-state index in [0.29, 0.717) is 40.2 Å². The Morgan fingerprint density at radius 3 is 2.39 bits per heavy atom. The number of piperidine rings is 1. The number of methoxy groups -OCH3 is 1. The molecular weight excluding hydrogens is 589 g/mol. The summed E-state index contributed by atoms with van der Waals surface area (Å²) in [4.78, 5) is 31.7. The first-order valence-electron chi connectivity index (χ1n) is 15.2. The summed E-state index contributed by atoms with van der Waals surface area (Å²) in [7, 11) is 1.64. The van der Waals surface area contributed by atoms with E-state index in [4.69, 9.17) is 17.0 Å². The second kappa shape index (κ2) is 14.3. The van der Waals surface area contributed by atoms with Gasteiger partial charge >= 0.3 is 0 Å². The molecule has 5 rings (SSSR count). The van der Waals surface area contributed by atoms with Gasteiger partial charge in [0.05, 0.1) is 12.0 Å². The number of thiocarbonyl (C=S) groups is 1. The van der Waals surface area contributed by atoms with Crippen LogP contribution in [0.5, 0.6) is 5.75 Å². The molecule has 9 heteroatoms. The monoisotopic (exact) mass is 626 g/mol. The first-order chi connectivity index (χ1) is 21.3. The van der Waals surface area contributed by atoms with E-state index >= 15 is 0 Å².